The minimum absolute atomic E-state index is 0.144. The van der Waals surface area contributed by atoms with Gasteiger partial charge in [-0.3, -0.25) is 0 Å². The number of hydrogen-bond acceptors (Lipinski definition) is 3. The second kappa shape index (κ2) is 5.36. The van der Waals surface area contributed by atoms with Crippen molar-refractivity contribution in [1.82, 2.24) is 0 Å². The van der Waals surface area contributed by atoms with Gasteiger partial charge in [0.05, 0.1) is 5.56 Å². The van der Waals surface area contributed by atoms with E-state index in [1.165, 1.54) is 0 Å². The molecule has 2 aromatic rings. The van der Waals surface area contributed by atoms with Gasteiger partial charge in [0.2, 0.25) is 0 Å². The summed E-state index contributed by atoms with van der Waals surface area (Å²) in [4.78, 5) is 0. The molecule has 0 aromatic heterocycles. The van der Waals surface area contributed by atoms with E-state index in [1.807, 2.05) is 42.5 Å². The van der Waals surface area contributed by atoms with Crippen LogP contribution in [0, 0.1) is 0 Å². The molecule has 0 amide bonds. The molecule has 0 radical (unpaired) electrons. The van der Waals surface area contributed by atoms with Crippen LogP contribution in [0.2, 0.25) is 0 Å². The zero-order valence-electron chi connectivity index (χ0n) is 12.4. The minimum Gasteiger partial charge on any atom is -0.508 e. The van der Waals surface area contributed by atoms with Gasteiger partial charge in [-0.2, -0.15) is 0 Å². The smallest absolute Gasteiger partial charge is 0.131 e. The number of hydrogen-bond donors (Lipinski definition) is 2. The van der Waals surface area contributed by atoms with Gasteiger partial charge in [-0.15, -0.1) is 0 Å². The van der Waals surface area contributed by atoms with E-state index in [-0.39, 0.29) is 17.6 Å². The summed E-state index contributed by atoms with van der Waals surface area (Å²) < 4.78 is 6.10. The monoisotopic (exact) mass is 304 g/mol. The molecular weight excluding hydrogens is 288 g/mol. The van der Waals surface area contributed by atoms with Crippen LogP contribution in [0.1, 0.15) is 23.7 Å². The van der Waals surface area contributed by atoms with Gasteiger partial charge in [-0.25, -0.2) is 0 Å². The Morgan fingerprint density at radius 1 is 0.913 bits per heavy atom. The fourth-order valence-corrected chi connectivity index (χ4v) is 3.12. The third-order valence-corrected chi connectivity index (χ3v) is 4.24. The lowest BCUT2D eigenvalue weighted by Gasteiger charge is -2.29. The molecule has 114 valence electrons. The predicted octanol–water partition coefficient (Wildman–Crippen LogP) is 4.50. The molecular formula is C20H16O3. The summed E-state index contributed by atoms with van der Waals surface area (Å²) in [5, 5.41) is 19.8. The molecule has 0 saturated heterocycles. The number of fused-ring (bicyclic) bond motifs is 1. The lowest BCUT2D eigenvalue weighted by Crippen LogP contribution is -2.15. The van der Waals surface area contributed by atoms with Crippen molar-refractivity contribution in [3.8, 4) is 17.2 Å². The maximum Gasteiger partial charge on any atom is 0.131 e. The molecule has 0 fully saturated rings. The molecule has 1 heterocycles. The maximum atomic E-state index is 10.3. The zero-order valence-corrected chi connectivity index (χ0v) is 12.4. The first-order valence-electron chi connectivity index (χ1n) is 7.58. The molecule has 1 aliphatic carbocycles. The lowest BCUT2D eigenvalue weighted by atomic mass is 9.89. The second-order valence-electron chi connectivity index (χ2n) is 5.70. The molecule has 23 heavy (non-hydrogen) atoms. The van der Waals surface area contributed by atoms with Crippen LogP contribution in [0.4, 0.5) is 0 Å². The third-order valence-electron chi connectivity index (χ3n) is 4.24. The molecule has 0 bridgehead atoms. The molecule has 4 rings (SSSR count). The maximum absolute atomic E-state index is 10.3. The summed E-state index contributed by atoms with van der Waals surface area (Å²) in [6.45, 7) is 0. The van der Waals surface area contributed by atoms with Gasteiger partial charge in [0.15, 0.2) is 0 Å². The Labute approximate surface area is 134 Å². The predicted molar refractivity (Wildman–Crippen MR) is 89.4 cm³/mol. The van der Waals surface area contributed by atoms with Crippen LogP contribution in [0.3, 0.4) is 0 Å². The van der Waals surface area contributed by atoms with Gasteiger partial charge >= 0.3 is 0 Å². The molecule has 3 heteroatoms. The van der Waals surface area contributed by atoms with Crippen molar-refractivity contribution >= 4 is 5.57 Å². The standard InChI is InChI=1S/C20H16O3/c21-15-10-8-14(9-11-15)19-12-16(13-4-1-2-5-13)20-17(22)6-3-7-18(20)23-19/h1-11,19,21-22H,12H2. The number of aromatic hydroxyl groups is 2. The summed E-state index contributed by atoms with van der Waals surface area (Å²) in [5.74, 6) is 1.16. The van der Waals surface area contributed by atoms with Crippen molar-refractivity contribution in [2.24, 2.45) is 0 Å². The Kier molecular flexibility index (Phi) is 3.19. The molecule has 2 aromatic carbocycles. The van der Waals surface area contributed by atoms with E-state index in [1.54, 1.807) is 24.3 Å². The second-order valence-corrected chi connectivity index (χ2v) is 5.70. The van der Waals surface area contributed by atoms with E-state index in [0.29, 0.717) is 12.2 Å². The van der Waals surface area contributed by atoms with Crippen LogP contribution in [-0.4, -0.2) is 10.2 Å². The van der Waals surface area contributed by atoms with E-state index in [2.05, 4.69) is 0 Å². The van der Waals surface area contributed by atoms with E-state index in [4.69, 9.17) is 4.74 Å². The summed E-state index contributed by atoms with van der Waals surface area (Å²) in [6.07, 6.45) is 8.60. The van der Waals surface area contributed by atoms with Crippen molar-refractivity contribution in [3.05, 3.63) is 83.5 Å². The number of phenolic OH excluding ortho intramolecular Hbond substituents is 2. The van der Waals surface area contributed by atoms with Crippen molar-refractivity contribution in [3.63, 3.8) is 0 Å². The highest BCUT2D eigenvalue weighted by molar-refractivity contribution is 5.82. The normalized spacial score (nSPS) is 18.9. The Hall–Kier alpha value is -2.94. The van der Waals surface area contributed by atoms with Crippen LogP contribution in [0.15, 0.2) is 72.3 Å². The first kappa shape index (κ1) is 13.7. The van der Waals surface area contributed by atoms with Gasteiger partial charge in [-0.1, -0.05) is 42.5 Å². The molecule has 0 saturated carbocycles. The Balaban J connectivity index is 1.84. The van der Waals surface area contributed by atoms with Crippen LogP contribution < -0.4 is 4.74 Å². The highest BCUT2D eigenvalue weighted by Gasteiger charge is 2.28. The molecule has 2 aliphatic rings. The van der Waals surface area contributed by atoms with Crippen molar-refractivity contribution in [2.75, 3.05) is 0 Å². The van der Waals surface area contributed by atoms with E-state index in [9.17, 15) is 10.2 Å². The van der Waals surface area contributed by atoms with Crippen LogP contribution >= 0.6 is 0 Å². The van der Waals surface area contributed by atoms with Gasteiger partial charge < -0.3 is 14.9 Å². The number of rotatable bonds is 1. The third kappa shape index (κ3) is 2.40. The lowest BCUT2D eigenvalue weighted by molar-refractivity contribution is 0.201. The fourth-order valence-electron chi connectivity index (χ4n) is 3.12. The SMILES string of the molecule is Oc1ccc(C2CC(=C3C=CC=C3)c3c(O)cccc3O2)cc1. The van der Waals surface area contributed by atoms with E-state index < -0.39 is 0 Å². The average Bonchev–Trinajstić information content (AvgIpc) is 3.09. The highest BCUT2D eigenvalue weighted by Crippen LogP contribution is 2.47. The van der Waals surface area contributed by atoms with Crippen LogP contribution in [0.25, 0.3) is 5.57 Å². The number of ether oxygens (including phenoxy) is 1. The molecule has 0 spiro atoms. The molecule has 1 unspecified atom stereocenters. The van der Waals surface area contributed by atoms with Gasteiger partial charge in [0, 0.05) is 6.42 Å². The van der Waals surface area contributed by atoms with Gasteiger partial charge in [-0.05, 0) is 41.0 Å². The number of allylic oxidation sites excluding steroid dienone is 5. The minimum atomic E-state index is -0.144. The highest BCUT2D eigenvalue weighted by atomic mass is 16.5. The van der Waals surface area contributed by atoms with Crippen LogP contribution in [-0.2, 0) is 0 Å². The summed E-state index contributed by atoms with van der Waals surface area (Å²) in [7, 11) is 0. The van der Waals surface area contributed by atoms with Gasteiger partial charge in [0.1, 0.15) is 23.4 Å². The van der Waals surface area contributed by atoms with E-state index in [0.717, 1.165) is 22.3 Å². The summed E-state index contributed by atoms with van der Waals surface area (Å²) in [5.41, 5.74) is 3.95. The first-order chi connectivity index (χ1) is 11.2. The Bertz CT molecular complexity index is 828. The van der Waals surface area contributed by atoms with Crippen molar-refractivity contribution in [1.29, 1.82) is 0 Å². The molecule has 2 N–H and O–H groups in total. The van der Waals surface area contributed by atoms with Crippen molar-refractivity contribution < 1.29 is 14.9 Å². The summed E-state index contributed by atoms with van der Waals surface area (Å²) >= 11 is 0. The largest absolute Gasteiger partial charge is 0.508 e. The first-order valence-corrected chi connectivity index (χ1v) is 7.58. The molecule has 1 aliphatic heterocycles. The quantitative estimate of drug-likeness (QED) is 0.815. The Morgan fingerprint density at radius 2 is 1.65 bits per heavy atom. The van der Waals surface area contributed by atoms with Crippen molar-refractivity contribution in [2.45, 2.75) is 12.5 Å². The van der Waals surface area contributed by atoms with E-state index >= 15 is 0 Å². The zero-order chi connectivity index (χ0) is 15.8. The number of phenols is 2. The summed E-state index contributed by atoms with van der Waals surface area (Å²) in [6, 6.07) is 12.4. The van der Waals surface area contributed by atoms with Gasteiger partial charge in [0.25, 0.3) is 0 Å². The van der Waals surface area contributed by atoms with Crippen LogP contribution in [0.5, 0.6) is 17.2 Å². The molecule has 3 nitrogen and oxygen atoms in total. The topological polar surface area (TPSA) is 49.7 Å². The fraction of sp³-hybridized carbons (Fsp3) is 0.100. The molecule has 1 atom stereocenters. The Morgan fingerprint density at radius 3 is 2.39 bits per heavy atom. The number of benzene rings is 2. The average molecular weight is 304 g/mol.